The Bertz CT molecular complexity index is 844. The topological polar surface area (TPSA) is 66.5 Å². The van der Waals surface area contributed by atoms with Crippen LogP contribution < -0.4 is 9.62 Å². The van der Waals surface area contributed by atoms with Crippen LogP contribution in [0.1, 0.15) is 6.92 Å². The van der Waals surface area contributed by atoms with Gasteiger partial charge in [-0.05, 0) is 53.2 Å². The highest BCUT2D eigenvalue weighted by molar-refractivity contribution is 9.10. The lowest BCUT2D eigenvalue weighted by Gasteiger charge is -2.28. The number of amides is 1. The molecular weight excluding hydrogens is 416 g/mol. The summed E-state index contributed by atoms with van der Waals surface area (Å²) in [5.41, 5.74) is 0.915. The number of halogens is 2. The van der Waals surface area contributed by atoms with Gasteiger partial charge in [-0.3, -0.25) is 9.10 Å². The van der Waals surface area contributed by atoms with Crippen molar-refractivity contribution in [2.24, 2.45) is 0 Å². The summed E-state index contributed by atoms with van der Waals surface area (Å²) in [6.07, 6.45) is 1.07. The summed E-state index contributed by atoms with van der Waals surface area (Å²) in [5, 5.41) is 3.13. The molecule has 0 aliphatic carbocycles. The molecule has 1 amide bonds. The van der Waals surface area contributed by atoms with E-state index >= 15 is 0 Å². The third kappa shape index (κ3) is 4.49. The first-order valence-corrected chi connectivity index (χ1v) is 10.0. The van der Waals surface area contributed by atoms with Crippen molar-refractivity contribution in [3.05, 3.63) is 58.0 Å². The number of hydrogen-bond donors (Lipinski definition) is 1. The minimum atomic E-state index is -3.63. The molecule has 5 nitrogen and oxygen atoms in total. The van der Waals surface area contributed by atoms with Crippen molar-refractivity contribution in [1.82, 2.24) is 0 Å². The highest BCUT2D eigenvalue weighted by Crippen LogP contribution is 2.26. The normalized spacial score (nSPS) is 12.5. The van der Waals surface area contributed by atoms with Gasteiger partial charge in [0.05, 0.1) is 17.0 Å². The third-order valence-corrected chi connectivity index (χ3v) is 5.76. The van der Waals surface area contributed by atoms with Crippen LogP contribution in [0.3, 0.4) is 0 Å². The molecule has 0 aliphatic rings. The third-order valence-electron chi connectivity index (χ3n) is 3.29. The van der Waals surface area contributed by atoms with Crippen molar-refractivity contribution in [1.29, 1.82) is 0 Å². The number of nitrogens with zero attached hydrogens (tertiary/aromatic N) is 1. The number of nitrogens with one attached hydrogen (secondary N) is 1. The van der Waals surface area contributed by atoms with Gasteiger partial charge in [0, 0.05) is 10.2 Å². The van der Waals surface area contributed by atoms with Crippen LogP contribution in [0.2, 0.25) is 5.02 Å². The van der Waals surface area contributed by atoms with Crippen molar-refractivity contribution in [3.8, 4) is 0 Å². The molecule has 0 aliphatic heterocycles. The van der Waals surface area contributed by atoms with Crippen molar-refractivity contribution in [3.63, 3.8) is 0 Å². The number of carbonyl (C=O) groups excluding carboxylic acids is 1. The number of benzene rings is 2. The summed E-state index contributed by atoms with van der Waals surface area (Å²) in [6, 6.07) is 12.5. The van der Waals surface area contributed by atoms with Crippen molar-refractivity contribution < 1.29 is 13.2 Å². The molecule has 0 bridgehead atoms. The first kappa shape index (κ1) is 18.8. The van der Waals surface area contributed by atoms with Gasteiger partial charge < -0.3 is 5.32 Å². The molecule has 1 N–H and O–H groups in total. The zero-order valence-corrected chi connectivity index (χ0v) is 16.2. The molecule has 0 saturated carbocycles. The zero-order valence-electron chi connectivity index (χ0n) is 13.0. The van der Waals surface area contributed by atoms with Gasteiger partial charge in [-0.25, -0.2) is 8.42 Å². The Morgan fingerprint density at radius 2 is 1.83 bits per heavy atom. The number of hydrogen-bond acceptors (Lipinski definition) is 3. The maximum Gasteiger partial charge on any atom is 0.247 e. The standard InChI is InChI=1S/C16H16BrClN2O3S/c1-11(16(21)19-12-8-9-14(17)15(18)10-12)20(24(2,22)23)13-6-4-3-5-7-13/h3-11H,1-2H3,(H,19,21)/t11-/m0/s1. The number of carbonyl (C=O) groups is 1. The zero-order chi connectivity index (χ0) is 17.9. The number of sulfonamides is 1. The van der Waals surface area contributed by atoms with Crippen molar-refractivity contribution in [2.45, 2.75) is 13.0 Å². The summed E-state index contributed by atoms with van der Waals surface area (Å²) in [4.78, 5) is 12.5. The van der Waals surface area contributed by atoms with Gasteiger partial charge in [0.1, 0.15) is 6.04 Å². The molecule has 0 unspecified atom stereocenters. The van der Waals surface area contributed by atoms with Gasteiger partial charge in [0.15, 0.2) is 0 Å². The predicted molar refractivity (Wildman–Crippen MR) is 101 cm³/mol. The summed E-state index contributed by atoms with van der Waals surface area (Å²) in [7, 11) is -3.63. The van der Waals surface area contributed by atoms with Crippen molar-refractivity contribution in [2.75, 3.05) is 15.9 Å². The fourth-order valence-electron chi connectivity index (χ4n) is 2.20. The average Bonchev–Trinajstić information content (AvgIpc) is 2.50. The summed E-state index contributed by atoms with van der Waals surface area (Å²) in [5.74, 6) is -0.456. The van der Waals surface area contributed by atoms with Crippen LogP contribution in [-0.2, 0) is 14.8 Å². The Labute approximate surface area is 154 Å². The molecule has 24 heavy (non-hydrogen) atoms. The highest BCUT2D eigenvalue weighted by atomic mass is 79.9. The number of anilines is 2. The van der Waals surface area contributed by atoms with Crippen LogP contribution in [-0.4, -0.2) is 26.6 Å². The maximum atomic E-state index is 12.5. The summed E-state index contributed by atoms with van der Waals surface area (Å²) in [6.45, 7) is 1.53. The van der Waals surface area contributed by atoms with Gasteiger partial charge in [0.25, 0.3) is 0 Å². The van der Waals surface area contributed by atoms with E-state index in [-0.39, 0.29) is 0 Å². The average molecular weight is 432 g/mol. The van der Waals surface area contributed by atoms with E-state index in [2.05, 4.69) is 21.2 Å². The van der Waals surface area contributed by atoms with Crippen LogP contribution in [0, 0.1) is 0 Å². The molecule has 2 aromatic carbocycles. The summed E-state index contributed by atoms with van der Waals surface area (Å²) >= 11 is 9.28. The van der Waals surface area contributed by atoms with Crippen LogP contribution >= 0.6 is 27.5 Å². The molecule has 2 aromatic rings. The molecule has 0 aromatic heterocycles. The minimum Gasteiger partial charge on any atom is -0.324 e. The van der Waals surface area contributed by atoms with Gasteiger partial charge >= 0.3 is 0 Å². The second-order valence-electron chi connectivity index (χ2n) is 5.19. The van der Waals surface area contributed by atoms with Gasteiger partial charge in [-0.15, -0.1) is 0 Å². The molecule has 0 spiro atoms. The van der Waals surface area contributed by atoms with Crippen molar-refractivity contribution >= 4 is 54.8 Å². The van der Waals surface area contributed by atoms with E-state index in [0.717, 1.165) is 10.6 Å². The minimum absolute atomic E-state index is 0.427. The first-order chi connectivity index (χ1) is 11.2. The smallest absolute Gasteiger partial charge is 0.247 e. The Hall–Kier alpha value is -1.57. The second kappa shape index (κ2) is 7.55. The molecule has 2 rings (SSSR count). The molecule has 0 fully saturated rings. The predicted octanol–water partition coefficient (Wildman–Crippen LogP) is 3.90. The SMILES string of the molecule is C[C@@H](C(=O)Nc1ccc(Br)c(Cl)c1)N(c1ccccc1)S(C)(=O)=O. The Balaban J connectivity index is 2.27. The lowest BCUT2D eigenvalue weighted by molar-refractivity contribution is -0.116. The molecule has 1 atom stereocenters. The number of para-hydroxylation sites is 1. The molecule has 0 saturated heterocycles. The molecule has 0 radical (unpaired) electrons. The van der Waals surface area contributed by atoms with E-state index in [9.17, 15) is 13.2 Å². The fraction of sp³-hybridized carbons (Fsp3) is 0.188. The monoisotopic (exact) mass is 430 g/mol. The van der Waals surface area contributed by atoms with Gasteiger partial charge in [-0.2, -0.15) is 0 Å². The van der Waals surface area contributed by atoms with Crippen LogP contribution in [0.25, 0.3) is 0 Å². The van der Waals surface area contributed by atoms with Gasteiger partial charge in [0.2, 0.25) is 15.9 Å². The lowest BCUT2D eigenvalue weighted by Crippen LogP contribution is -2.45. The molecule has 8 heteroatoms. The highest BCUT2D eigenvalue weighted by Gasteiger charge is 2.29. The Morgan fingerprint density at radius 3 is 2.38 bits per heavy atom. The maximum absolute atomic E-state index is 12.5. The Morgan fingerprint density at radius 1 is 1.21 bits per heavy atom. The van der Waals surface area contributed by atoms with Gasteiger partial charge in [-0.1, -0.05) is 29.8 Å². The molecule has 0 heterocycles. The largest absolute Gasteiger partial charge is 0.324 e. The Kier molecular flexibility index (Phi) is 5.90. The van der Waals surface area contributed by atoms with E-state index < -0.39 is 22.0 Å². The van der Waals surface area contributed by atoms with Crippen LogP contribution in [0.4, 0.5) is 11.4 Å². The fourth-order valence-corrected chi connectivity index (χ4v) is 3.81. The lowest BCUT2D eigenvalue weighted by atomic mass is 10.2. The summed E-state index contributed by atoms with van der Waals surface area (Å²) < 4.78 is 26.1. The van der Waals surface area contributed by atoms with Crippen LogP contribution in [0.15, 0.2) is 53.0 Å². The van der Waals surface area contributed by atoms with E-state index in [0.29, 0.717) is 20.9 Å². The second-order valence-corrected chi connectivity index (χ2v) is 8.31. The van der Waals surface area contributed by atoms with Crippen LogP contribution in [0.5, 0.6) is 0 Å². The van der Waals surface area contributed by atoms with E-state index in [1.54, 1.807) is 48.5 Å². The molecular formula is C16H16BrClN2O3S. The quantitative estimate of drug-likeness (QED) is 0.781. The number of rotatable bonds is 5. The van der Waals surface area contributed by atoms with E-state index in [1.807, 2.05) is 0 Å². The van der Waals surface area contributed by atoms with E-state index in [4.69, 9.17) is 11.6 Å². The molecule has 128 valence electrons. The van der Waals surface area contributed by atoms with E-state index in [1.165, 1.54) is 6.92 Å². The first-order valence-electron chi connectivity index (χ1n) is 7.00.